The van der Waals surface area contributed by atoms with Gasteiger partial charge in [0.1, 0.15) is 5.75 Å². The Labute approximate surface area is 128 Å². The van der Waals surface area contributed by atoms with Gasteiger partial charge in [0.2, 0.25) is 0 Å². The van der Waals surface area contributed by atoms with Crippen molar-refractivity contribution >= 4 is 22.6 Å². The Hall–Kier alpha value is -1.07. The first-order chi connectivity index (χ1) is 9.26. The average molecular weight is 367 g/mol. The Balaban J connectivity index is 2.37. The van der Waals surface area contributed by atoms with E-state index < -0.39 is 0 Å². The Morgan fingerprint density at radius 3 is 2.63 bits per heavy atom. The zero-order valence-electron chi connectivity index (χ0n) is 11.2. The molecule has 2 aromatic rings. The second-order valence-corrected chi connectivity index (χ2v) is 5.41. The van der Waals surface area contributed by atoms with Crippen molar-refractivity contribution in [3.05, 3.63) is 63.2 Å². The molecule has 0 spiro atoms. The number of nitrogens with one attached hydrogen (secondary N) is 1. The SMILES string of the molecule is CCOc1cccc(C(NC)c2ccccc2I)c1. The van der Waals surface area contributed by atoms with E-state index in [-0.39, 0.29) is 6.04 Å². The molecule has 0 aliphatic rings. The summed E-state index contributed by atoms with van der Waals surface area (Å²) in [6, 6.07) is 16.9. The number of halogens is 1. The van der Waals surface area contributed by atoms with Gasteiger partial charge in [-0.3, -0.25) is 0 Å². The van der Waals surface area contributed by atoms with Gasteiger partial charge in [-0.25, -0.2) is 0 Å². The summed E-state index contributed by atoms with van der Waals surface area (Å²) >= 11 is 2.38. The topological polar surface area (TPSA) is 21.3 Å². The Kier molecular flexibility index (Phi) is 5.22. The van der Waals surface area contributed by atoms with Crippen LogP contribution in [0.15, 0.2) is 48.5 Å². The number of rotatable bonds is 5. The van der Waals surface area contributed by atoms with Gasteiger partial charge in [-0.2, -0.15) is 0 Å². The molecule has 0 saturated carbocycles. The van der Waals surface area contributed by atoms with Crippen molar-refractivity contribution in [2.24, 2.45) is 0 Å². The zero-order valence-corrected chi connectivity index (χ0v) is 13.3. The standard InChI is InChI=1S/C16H18INO/c1-3-19-13-8-6-7-12(11-13)16(18-2)14-9-4-5-10-15(14)17/h4-11,16,18H,3H2,1-2H3. The first-order valence-electron chi connectivity index (χ1n) is 6.40. The number of ether oxygens (including phenoxy) is 1. The van der Waals surface area contributed by atoms with Crippen LogP contribution in [0.3, 0.4) is 0 Å². The third kappa shape index (κ3) is 3.48. The van der Waals surface area contributed by atoms with E-state index >= 15 is 0 Å². The normalized spacial score (nSPS) is 12.2. The lowest BCUT2D eigenvalue weighted by Crippen LogP contribution is -2.18. The van der Waals surface area contributed by atoms with Gasteiger partial charge < -0.3 is 10.1 Å². The highest BCUT2D eigenvalue weighted by Crippen LogP contribution is 2.28. The van der Waals surface area contributed by atoms with Crippen molar-refractivity contribution in [1.29, 1.82) is 0 Å². The molecule has 0 aliphatic heterocycles. The molecule has 1 unspecified atom stereocenters. The van der Waals surface area contributed by atoms with Crippen LogP contribution < -0.4 is 10.1 Å². The van der Waals surface area contributed by atoms with E-state index in [0.717, 1.165) is 5.75 Å². The number of hydrogen-bond acceptors (Lipinski definition) is 2. The van der Waals surface area contributed by atoms with Crippen LogP contribution >= 0.6 is 22.6 Å². The van der Waals surface area contributed by atoms with Crippen LogP contribution in [-0.4, -0.2) is 13.7 Å². The number of benzene rings is 2. The van der Waals surface area contributed by atoms with Gasteiger partial charge in [-0.15, -0.1) is 0 Å². The Morgan fingerprint density at radius 2 is 1.95 bits per heavy atom. The lowest BCUT2D eigenvalue weighted by Gasteiger charge is -2.19. The predicted molar refractivity (Wildman–Crippen MR) is 87.7 cm³/mol. The molecule has 0 aliphatic carbocycles. The van der Waals surface area contributed by atoms with E-state index in [1.165, 1.54) is 14.7 Å². The zero-order chi connectivity index (χ0) is 13.7. The van der Waals surface area contributed by atoms with Gasteiger partial charge in [-0.05, 0) is 65.9 Å². The highest BCUT2D eigenvalue weighted by atomic mass is 127. The minimum absolute atomic E-state index is 0.188. The van der Waals surface area contributed by atoms with Crippen LogP contribution in [-0.2, 0) is 0 Å². The molecule has 19 heavy (non-hydrogen) atoms. The molecule has 1 N–H and O–H groups in total. The predicted octanol–water partition coefficient (Wildman–Crippen LogP) is 4.00. The van der Waals surface area contributed by atoms with E-state index in [0.29, 0.717) is 6.61 Å². The minimum atomic E-state index is 0.188. The van der Waals surface area contributed by atoms with Crippen LogP contribution in [0.1, 0.15) is 24.1 Å². The van der Waals surface area contributed by atoms with Crippen molar-refractivity contribution in [3.63, 3.8) is 0 Å². The van der Waals surface area contributed by atoms with Gasteiger partial charge in [0.05, 0.1) is 12.6 Å². The third-order valence-corrected chi connectivity index (χ3v) is 3.99. The molecule has 0 heterocycles. The summed E-state index contributed by atoms with van der Waals surface area (Å²) in [6.45, 7) is 2.69. The molecule has 0 radical (unpaired) electrons. The van der Waals surface area contributed by atoms with Crippen LogP contribution in [0.4, 0.5) is 0 Å². The highest BCUT2D eigenvalue weighted by molar-refractivity contribution is 14.1. The fourth-order valence-electron chi connectivity index (χ4n) is 2.16. The fraction of sp³-hybridized carbons (Fsp3) is 0.250. The molecule has 100 valence electrons. The van der Waals surface area contributed by atoms with Gasteiger partial charge in [-0.1, -0.05) is 30.3 Å². The average Bonchev–Trinajstić information content (AvgIpc) is 2.43. The summed E-state index contributed by atoms with van der Waals surface area (Å²) in [4.78, 5) is 0. The van der Waals surface area contributed by atoms with Gasteiger partial charge >= 0.3 is 0 Å². The monoisotopic (exact) mass is 367 g/mol. The second kappa shape index (κ2) is 6.91. The Morgan fingerprint density at radius 1 is 1.16 bits per heavy atom. The summed E-state index contributed by atoms with van der Waals surface area (Å²) in [5.41, 5.74) is 2.51. The molecule has 0 aromatic heterocycles. The van der Waals surface area contributed by atoms with Gasteiger partial charge in [0, 0.05) is 3.57 Å². The highest BCUT2D eigenvalue weighted by Gasteiger charge is 2.14. The van der Waals surface area contributed by atoms with E-state index in [4.69, 9.17) is 4.74 Å². The van der Waals surface area contributed by atoms with Crippen LogP contribution in [0, 0.1) is 3.57 Å². The third-order valence-electron chi connectivity index (χ3n) is 3.01. The smallest absolute Gasteiger partial charge is 0.119 e. The van der Waals surface area contributed by atoms with Crippen molar-refractivity contribution in [1.82, 2.24) is 5.32 Å². The largest absolute Gasteiger partial charge is 0.494 e. The number of hydrogen-bond donors (Lipinski definition) is 1. The lowest BCUT2D eigenvalue weighted by atomic mass is 9.99. The van der Waals surface area contributed by atoms with E-state index in [1.807, 2.05) is 26.1 Å². The first kappa shape index (κ1) is 14.3. The summed E-state index contributed by atoms with van der Waals surface area (Å²) in [7, 11) is 1.99. The van der Waals surface area contributed by atoms with Crippen molar-refractivity contribution in [2.45, 2.75) is 13.0 Å². The molecule has 0 fully saturated rings. The van der Waals surface area contributed by atoms with Crippen LogP contribution in [0.5, 0.6) is 5.75 Å². The summed E-state index contributed by atoms with van der Waals surface area (Å²) in [5.74, 6) is 0.922. The second-order valence-electron chi connectivity index (χ2n) is 4.25. The fourth-order valence-corrected chi connectivity index (χ4v) is 2.86. The minimum Gasteiger partial charge on any atom is -0.494 e. The van der Waals surface area contributed by atoms with Crippen LogP contribution in [0.2, 0.25) is 0 Å². The van der Waals surface area contributed by atoms with Crippen molar-refractivity contribution in [3.8, 4) is 5.75 Å². The molecule has 3 heteroatoms. The molecule has 2 aromatic carbocycles. The summed E-state index contributed by atoms with van der Waals surface area (Å²) in [5, 5.41) is 3.38. The summed E-state index contributed by atoms with van der Waals surface area (Å²) in [6.07, 6.45) is 0. The molecule has 0 bridgehead atoms. The maximum Gasteiger partial charge on any atom is 0.119 e. The van der Waals surface area contributed by atoms with Gasteiger partial charge in [0.15, 0.2) is 0 Å². The molecule has 0 saturated heterocycles. The van der Waals surface area contributed by atoms with Gasteiger partial charge in [0.25, 0.3) is 0 Å². The molecular formula is C16H18INO. The summed E-state index contributed by atoms with van der Waals surface area (Å²) < 4.78 is 6.84. The molecule has 0 amide bonds. The van der Waals surface area contributed by atoms with Crippen molar-refractivity contribution in [2.75, 3.05) is 13.7 Å². The lowest BCUT2D eigenvalue weighted by molar-refractivity contribution is 0.339. The maximum atomic E-state index is 5.58. The first-order valence-corrected chi connectivity index (χ1v) is 7.48. The van der Waals surface area contributed by atoms with Crippen LogP contribution in [0.25, 0.3) is 0 Å². The Bertz CT molecular complexity index is 542. The quantitative estimate of drug-likeness (QED) is 0.807. The molecule has 2 nitrogen and oxygen atoms in total. The molecular weight excluding hydrogens is 349 g/mol. The molecule has 2 rings (SSSR count). The van der Waals surface area contributed by atoms with Crippen molar-refractivity contribution < 1.29 is 4.74 Å². The molecule has 1 atom stereocenters. The van der Waals surface area contributed by atoms with E-state index in [1.54, 1.807) is 0 Å². The van der Waals surface area contributed by atoms with E-state index in [9.17, 15) is 0 Å². The van der Waals surface area contributed by atoms with E-state index in [2.05, 4.69) is 64.3 Å². The maximum absolute atomic E-state index is 5.58.